The molecule has 0 aromatic rings. The van der Waals surface area contributed by atoms with Crippen molar-refractivity contribution in [1.82, 2.24) is 4.90 Å². The van der Waals surface area contributed by atoms with E-state index < -0.39 is 15.1 Å². The number of rotatable bonds is 2. The summed E-state index contributed by atoms with van der Waals surface area (Å²) in [7, 11) is -3.04. The van der Waals surface area contributed by atoms with Crippen LogP contribution in [0.4, 0.5) is 0 Å². The molecule has 1 amide bonds. The predicted octanol–water partition coefficient (Wildman–Crippen LogP) is 0.199. The van der Waals surface area contributed by atoms with Gasteiger partial charge >= 0.3 is 0 Å². The topological polar surface area (TPSA) is 63.7 Å². The molecule has 2 rings (SSSR count). The van der Waals surface area contributed by atoms with Crippen molar-refractivity contribution in [2.24, 2.45) is 0 Å². The highest BCUT2D eigenvalue weighted by Gasteiger charge is 2.37. The van der Waals surface area contributed by atoms with Crippen LogP contribution >= 0.6 is 0 Å². The Bertz CT molecular complexity index is 406. The molecule has 0 spiro atoms. The molecule has 5 nitrogen and oxygen atoms in total. The summed E-state index contributed by atoms with van der Waals surface area (Å²) in [6.45, 7) is 2.81. The van der Waals surface area contributed by atoms with Gasteiger partial charge in [-0.25, -0.2) is 8.42 Å². The molecule has 2 aliphatic rings. The molecule has 0 bridgehead atoms. The monoisotopic (exact) mass is 261 g/mol. The summed E-state index contributed by atoms with van der Waals surface area (Å²) < 4.78 is 28.3. The van der Waals surface area contributed by atoms with Gasteiger partial charge in [0.05, 0.1) is 11.4 Å². The van der Waals surface area contributed by atoms with E-state index >= 15 is 0 Å². The number of carbonyl (C=O) groups is 1. The fourth-order valence-corrected chi connectivity index (χ4v) is 3.45. The molecular weight excluding hydrogens is 242 g/mol. The first kappa shape index (κ1) is 12.8. The third kappa shape index (κ3) is 2.80. The molecular formula is C11H19NO4S. The van der Waals surface area contributed by atoms with Gasteiger partial charge in [0.25, 0.3) is 5.91 Å². The zero-order valence-electron chi connectivity index (χ0n) is 10.3. The van der Waals surface area contributed by atoms with Crippen LogP contribution in [0.15, 0.2) is 0 Å². The first-order valence-corrected chi connectivity index (χ1v) is 7.96. The summed E-state index contributed by atoms with van der Waals surface area (Å²) >= 11 is 0. The van der Waals surface area contributed by atoms with Gasteiger partial charge in [-0.3, -0.25) is 4.79 Å². The lowest BCUT2D eigenvalue weighted by atomic mass is 10.2. The SMILES string of the molecule is CC1CCC(C(=O)N2CCC(S(C)(=O)=O)C2)O1. The van der Waals surface area contributed by atoms with Crippen LogP contribution in [0, 0.1) is 0 Å². The van der Waals surface area contributed by atoms with Crippen LogP contribution in [0.5, 0.6) is 0 Å². The number of likely N-dealkylation sites (tertiary alicyclic amines) is 1. The van der Waals surface area contributed by atoms with Crippen LogP contribution in [-0.4, -0.2) is 56.0 Å². The van der Waals surface area contributed by atoms with E-state index in [1.807, 2.05) is 6.92 Å². The van der Waals surface area contributed by atoms with Crippen LogP contribution in [0.1, 0.15) is 26.2 Å². The van der Waals surface area contributed by atoms with Crippen molar-refractivity contribution in [3.05, 3.63) is 0 Å². The summed E-state index contributed by atoms with van der Waals surface area (Å²) in [6, 6.07) is 0. The van der Waals surface area contributed by atoms with Crippen molar-refractivity contribution in [2.75, 3.05) is 19.3 Å². The first-order chi connectivity index (χ1) is 7.88. The highest BCUT2D eigenvalue weighted by molar-refractivity contribution is 7.91. The van der Waals surface area contributed by atoms with Crippen LogP contribution in [-0.2, 0) is 19.4 Å². The molecule has 0 saturated carbocycles. The van der Waals surface area contributed by atoms with Gasteiger partial charge in [0.15, 0.2) is 9.84 Å². The van der Waals surface area contributed by atoms with E-state index in [1.165, 1.54) is 6.26 Å². The van der Waals surface area contributed by atoms with Gasteiger partial charge in [-0.2, -0.15) is 0 Å². The lowest BCUT2D eigenvalue weighted by molar-refractivity contribution is -0.141. The van der Waals surface area contributed by atoms with Crippen molar-refractivity contribution in [1.29, 1.82) is 0 Å². The number of nitrogens with zero attached hydrogens (tertiary/aromatic N) is 1. The van der Waals surface area contributed by atoms with Crippen molar-refractivity contribution in [2.45, 2.75) is 43.6 Å². The number of hydrogen-bond acceptors (Lipinski definition) is 4. The Kier molecular flexibility index (Phi) is 3.45. The standard InChI is InChI=1S/C11H19NO4S/c1-8-3-4-10(16-8)11(13)12-6-5-9(7-12)17(2,14)15/h8-10H,3-7H2,1-2H3. The maximum Gasteiger partial charge on any atom is 0.251 e. The second kappa shape index (κ2) is 4.57. The lowest BCUT2D eigenvalue weighted by Crippen LogP contribution is -2.38. The van der Waals surface area contributed by atoms with Crippen molar-refractivity contribution in [3.8, 4) is 0 Å². The molecule has 2 aliphatic heterocycles. The Labute approximate surface area is 102 Å². The molecule has 6 heteroatoms. The third-order valence-electron chi connectivity index (χ3n) is 3.57. The fraction of sp³-hybridized carbons (Fsp3) is 0.909. The molecule has 17 heavy (non-hydrogen) atoms. The maximum absolute atomic E-state index is 12.1. The lowest BCUT2D eigenvalue weighted by Gasteiger charge is -2.20. The van der Waals surface area contributed by atoms with E-state index in [-0.39, 0.29) is 18.1 Å². The maximum atomic E-state index is 12.1. The fourth-order valence-electron chi connectivity index (χ4n) is 2.47. The minimum Gasteiger partial charge on any atom is -0.365 e. The van der Waals surface area contributed by atoms with Crippen LogP contribution in [0.3, 0.4) is 0 Å². The zero-order chi connectivity index (χ0) is 12.6. The first-order valence-electron chi connectivity index (χ1n) is 6.01. The van der Waals surface area contributed by atoms with Crippen LogP contribution in [0.2, 0.25) is 0 Å². The average Bonchev–Trinajstić information content (AvgIpc) is 2.83. The molecule has 0 aliphatic carbocycles. The highest BCUT2D eigenvalue weighted by Crippen LogP contribution is 2.24. The van der Waals surface area contributed by atoms with E-state index in [4.69, 9.17) is 4.74 Å². The second-order valence-electron chi connectivity index (χ2n) is 5.04. The molecule has 0 N–H and O–H groups in total. The van der Waals surface area contributed by atoms with Crippen molar-refractivity contribution >= 4 is 15.7 Å². The Hall–Kier alpha value is -0.620. The summed E-state index contributed by atoms with van der Waals surface area (Å²) in [5.74, 6) is -0.0412. The third-order valence-corrected chi connectivity index (χ3v) is 5.17. The Morgan fingerprint density at radius 2 is 2.00 bits per heavy atom. The summed E-state index contributed by atoms with van der Waals surface area (Å²) in [5.41, 5.74) is 0. The average molecular weight is 261 g/mol. The molecule has 2 fully saturated rings. The molecule has 2 heterocycles. The van der Waals surface area contributed by atoms with Crippen molar-refractivity contribution < 1.29 is 17.9 Å². The van der Waals surface area contributed by atoms with Gasteiger partial charge in [-0.05, 0) is 26.2 Å². The van der Waals surface area contributed by atoms with Crippen molar-refractivity contribution in [3.63, 3.8) is 0 Å². The Morgan fingerprint density at radius 1 is 1.29 bits per heavy atom. The molecule has 3 unspecified atom stereocenters. The Morgan fingerprint density at radius 3 is 2.47 bits per heavy atom. The van der Waals surface area contributed by atoms with E-state index in [9.17, 15) is 13.2 Å². The smallest absolute Gasteiger partial charge is 0.251 e. The number of sulfone groups is 1. The number of carbonyl (C=O) groups excluding carboxylic acids is 1. The number of ether oxygens (including phenoxy) is 1. The quantitative estimate of drug-likeness (QED) is 0.712. The summed E-state index contributed by atoms with van der Waals surface area (Å²) in [5, 5.41) is -0.398. The molecule has 2 saturated heterocycles. The van der Waals surface area contributed by atoms with Gasteiger partial charge in [0.2, 0.25) is 0 Å². The normalized spacial score (nSPS) is 34.2. The minimum absolute atomic E-state index is 0.0412. The molecule has 0 aromatic carbocycles. The van der Waals surface area contributed by atoms with E-state index in [1.54, 1.807) is 4.90 Å². The molecule has 0 aromatic heterocycles. The zero-order valence-corrected chi connectivity index (χ0v) is 11.1. The Balaban J connectivity index is 1.95. The van der Waals surface area contributed by atoms with E-state index in [0.717, 1.165) is 12.8 Å². The van der Waals surface area contributed by atoms with Gasteiger partial charge in [-0.1, -0.05) is 0 Å². The van der Waals surface area contributed by atoms with E-state index in [2.05, 4.69) is 0 Å². The highest BCUT2D eigenvalue weighted by atomic mass is 32.2. The van der Waals surface area contributed by atoms with Crippen LogP contribution in [0.25, 0.3) is 0 Å². The van der Waals surface area contributed by atoms with Gasteiger partial charge in [-0.15, -0.1) is 0 Å². The largest absolute Gasteiger partial charge is 0.365 e. The second-order valence-corrected chi connectivity index (χ2v) is 7.36. The van der Waals surface area contributed by atoms with Crippen LogP contribution < -0.4 is 0 Å². The molecule has 98 valence electrons. The van der Waals surface area contributed by atoms with Gasteiger partial charge in [0.1, 0.15) is 6.10 Å². The molecule has 0 radical (unpaired) electrons. The van der Waals surface area contributed by atoms with Gasteiger partial charge < -0.3 is 9.64 Å². The summed E-state index contributed by atoms with van der Waals surface area (Å²) in [4.78, 5) is 13.7. The summed E-state index contributed by atoms with van der Waals surface area (Å²) in [6.07, 6.45) is 3.22. The minimum atomic E-state index is -3.04. The van der Waals surface area contributed by atoms with E-state index in [0.29, 0.717) is 19.5 Å². The van der Waals surface area contributed by atoms with Gasteiger partial charge in [0, 0.05) is 19.3 Å². The predicted molar refractivity (Wildman–Crippen MR) is 63.4 cm³/mol. The molecule has 3 atom stereocenters. The number of hydrogen-bond donors (Lipinski definition) is 0. The number of amides is 1.